The minimum absolute atomic E-state index is 0.0186. The number of aryl methyl sites for hydroxylation is 1. The first-order chi connectivity index (χ1) is 32.3. The summed E-state index contributed by atoms with van der Waals surface area (Å²) < 4.78 is 33.1. The second-order valence-corrected chi connectivity index (χ2v) is 19.6. The van der Waals surface area contributed by atoms with Crippen molar-refractivity contribution in [3.63, 3.8) is 0 Å². The minimum Gasteiger partial charge on any atom is -0.389 e. The predicted octanol–water partition coefficient (Wildman–Crippen LogP) is 4.25. The van der Waals surface area contributed by atoms with Gasteiger partial charge in [-0.1, -0.05) is 12.1 Å². The van der Waals surface area contributed by atoms with Gasteiger partial charge in [0.25, 0.3) is 11.8 Å². The number of benzene rings is 2. The maximum atomic E-state index is 15.9. The van der Waals surface area contributed by atoms with E-state index < -0.39 is 47.0 Å². The highest BCUT2D eigenvalue weighted by atomic mass is 32.1. The van der Waals surface area contributed by atoms with E-state index in [0.717, 1.165) is 49.4 Å². The van der Waals surface area contributed by atoms with Gasteiger partial charge in [0, 0.05) is 97.8 Å². The number of nitrogens with zero attached hydrogens (tertiary/aromatic N) is 8. The van der Waals surface area contributed by atoms with E-state index in [-0.39, 0.29) is 66.4 Å². The molecule has 1 spiro atoms. The van der Waals surface area contributed by atoms with Crippen molar-refractivity contribution in [3.8, 4) is 11.1 Å². The van der Waals surface area contributed by atoms with Crippen LogP contribution in [0.3, 0.4) is 0 Å². The Bertz CT molecular complexity index is 2820. The van der Waals surface area contributed by atoms with Crippen molar-refractivity contribution in [1.29, 1.82) is 0 Å². The van der Waals surface area contributed by atoms with Gasteiger partial charge in [-0.15, -0.1) is 11.3 Å². The van der Waals surface area contributed by atoms with E-state index in [2.05, 4.69) is 35.8 Å². The smallest absolute Gasteiger partial charge is 0.255 e. The number of anilines is 4. The van der Waals surface area contributed by atoms with Gasteiger partial charge in [-0.3, -0.25) is 34.6 Å². The van der Waals surface area contributed by atoms with E-state index in [1.54, 1.807) is 33.8 Å². The van der Waals surface area contributed by atoms with Gasteiger partial charge in [-0.2, -0.15) is 0 Å². The summed E-state index contributed by atoms with van der Waals surface area (Å²) in [5.74, 6) is -2.78. The molecule has 11 rings (SSSR count). The highest BCUT2D eigenvalue weighted by molar-refractivity contribution is 7.13. The number of likely N-dealkylation sites (tertiary alicyclic amines) is 1. The number of imide groups is 1. The topological polar surface area (TPSA) is 198 Å². The number of aliphatic hydroxyl groups is 1. The number of carbonyl (C=O) groups is 5. The lowest BCUT2D eigenvalue weighted by Gasteiger charge is -2.61. The fraction of sp³-hybridized carbons (Fsp3) is 0.404. The van der Waals surface area contributed by atoms with Gasteiger partial charge in [0.1, 0.15) is 11.9 Å². The fourth-order valence-corrected chi connectivity index (χ4v) is 11.1. The van der Waals surface area contributed by atoms with Crippen molar-refractivity contribution >= 4 is 63.2 Å². The Morgan fingerprint density at radius 1 is 0.925 bits per heavy atom. The summed E-state index contributed by atoms with van der Waals surface area (Å²) in [5.41, 5.74) is 3.17. The van der Waals surface area contributed by atoms with Crippen molar-refractivity contribution < 1.29 is 37.9 Å². The molecule has 2 atom stereocenters. The molecule has 5 aromatic rings. The van der Waals surface area contributed by atoms with Gasteiger partial charge in [-0.05, 0) is 67.5 Å². The third kappa shape index (κ3) is 7.94. The third-order valence-electron chi connectivity index (χ3n) is 14.2. The SMILES string of the molecule is O=C1CC[C@H](Nc2cnc(N3CCC(O)(CC(=O)N4CC5(C4)CN(c4ccc(-c6cc(F)c7c(c6)C(=O)N(C(C(=O)Nc6nccs6)c6ncn8c6CCC8)C7)cc4)C5)CC3)c(F)c2)C(=O)N1. The minimum atomic E-state index is -1.22. The molecule has 1 unspecified atom stereocenters. The van der Waals surface area contributed by atoms with Crippen molar-refractivity contribution in [3.05, 3.63) is 101 Å². The number of hydrogen-bond acceptors (Lipinski definition) is 13. The molecular formula is C47H47F2N11O6S. The number of rotatable bonds is 11. The van der Waals surface area contributed by atoms with E-state index >= 15 is 8.78 Å². The molecule has 346 valence electrons. The van der Waals surface area contributed by atoms with Gasteiger partial charge >= 0.3 is 0 Å². The number of amides is 5. The Hall–Kier alpha value is -6.80. The molecule has 0 radical (unpaired) electrons. The van der Waals surface area contributed by atoms with Gasteiger partial charge < -0.3 is 34.6 Å². The third-order valence-corrected chi connectivity index (χ3v) is 14.9. The molecule has 0 bridgehead atoms. The number of imidazole rings is 1. The number of nitrogens with one attached hydrogen (secondary N) is 3. The molecule has 2 aromatic carbocycles. The molecule has 6 aliphatic heterocycles. The zero-order valence-electron chi connectivity index (χ0n) is 36.3. The number of piperidine rings is 2. The molecule has 3 aromatic heterocycles. The average molecular weight is 932 g/mol. The second kappa shape index (κ2) is 16.5. The van der Waals surface area contributed by atoms with Crippen LogP contribution in [0.2, 0.25) is 0 Å². The largest absolute Gasteiger partial charge is 0.389 e. The standard InChI is InChI=1S/C47H47F2N11O6S/c48-33-17-28(16-31-32(33)21-60(44(31)65)40(43(64)55-45-50-11-15-67-45)39-36-2-1-12-57(36)26-52-39)27-3-5-30(6-4-27)58-22-46(23-58)24-59(25-46)38(62)19-47(66)9-13-56(14-10-47)41-34(49)18-29(20-51-41)53-35-7-8-37(61)54-42(35)63/h3-6,11,15-18,20,26,35,40,53,66H,1-2,7-10,12-14,19,21-25H2,(H,50,55,64)(H,54,61,63)/t35-,40?/m0/s1. The summed E-state index contributed by atoms with van der Waals surface area (Å²) in [7, 11) is 0. The van der Waals surface area contributed by atoms with Gasteiger partial charge in [0.05, 0.1) is 42.5 Å². The number of pyridine rings is 1. The normalized spacial score (nSPS) is 20.8. The first-order valence-corrected chi connectivity index (χ1v) is 23.4. The maximum Gasteiger partial charge on any atom is 0.255 e. The molecular weight excluding hydrogens is 885 g/mol. The quantitative estimate of drug-likeness (QED) is 0.138. The number of thiazole rings is 1. The van der Waals surface area contributed by atoms with Crippen LogP contribution in [0.15, 0.2) is 66.6 Å². The second-order valence-electron chi connectivity index (χ2n) is 18.7. The van der Waals surface area contributed by atoms with E-state index in [1.165, 1.54) is 34.6 Å². The zero-order valence-corrected chi connectivity index (χ0v) is 37.2. The summed E-state index contributed by atoms with van der Waals surface area (Å²) in [6.45, 7) is 4.02. The van der Waals surface area contributed by atoms with Crippen LogP contribution in [-0.2, 0) is 38.7 Å². The number of carbonyl (C=O) groups excluding carboxylic acids is 5. The van der Waals surface area contributed by atoms with E-state index in [0.29, 0.717) is 54.7 Å². The number of halogens is 2. The monoisotopic (exact) mass is 931 g/mol. The number of aromatic nitrogens is 4. The van der Waals surface area contributed by atoms with Crippen molar-refractivity contribution in [2.75, 3.05) is 59.7 Å². The molecule has 6 aliphatic rings. The number of fused-ring (bicyclic) bond motifs is 2. The Balaban J connectivity index is 0.675. The fourth-order valence-electron chi connectivity index (χ4n) is 10.6. The molecule has 9 heterocycles. The van der Waals surface area contributed by atoms with Crippen LogP contribution in [0.4, 0.5) is 31.1 Å². The van der Waals surface area contributed by atoms with Crippen molar-refractivity contribution in [1.82, 2.24) is 34.6 Å². The molecule has 4 fully saturated rings. The van der Waals surface area contributed by atoms with Crippen LogP contribution >= 0.6 is 11.3 Å². The highest BCUT2D eigenvalue weighted by Gasteiger charge is 2.54. The Morgan fingerprint density at radius 2 is 1.72 bits per heavy atom. The molecule has 0 aliphatic carbocycles. The molecule has 20 heteroatoms. The van der Waals surface area contributed by atoms with E-state index in [1.807, 2.05) is 28.8 Å². The summed E-state index contributed by atoms with van der Waals surface area (Å²) in [5, 5.41) is 21.6. The first kappa shape index (κ1) is 42.8. The molecule has 4 N–H and O–H groups in total. The van der Waals surface area contributed by atoms with Crippen molar-refractivity contribution in [2.45, 2.75) is 75.7 Å². The summed E-state index contributed by atoms with van der Waals surface area (Å²) >= 11 is 1.27. The van der Waals surface area contributed by atoms with Crippen LogP contribution in [-0.4, -0.2) is 115 Å². The van der Waals surface area contributed by atoms with Crippen LogP contribution in [0, 0.1) is 17.0 Å². The number of hydrogen-bond donors (Lipinski definition) is 4. The molecule has 5 amide bonds. The Kier molecular flexibility index (Phi) is 10.6. The van der Waals surface area contributed by atoms with Crippen LogP contribution < -0.4 is 25.8 Å². The van der Waals surface area contributed by atoms with Gasteiger partial charge in [0.2, 0.25) is 17.7 Å². The van der Waals surface area contributed by atoms with Gasteiger partial charge in [0.15, 0.2) is 22.8 Å². The average Bonchev–Trinajstić information content (AvgIpc) is 4.10. The van der Waals surface area contributed by atoms with E-state index in [4.69, 9.17) is 0 Å². The Labute approximate surface area is 387 Å². The molecule has 17 nitrogen and oxygen atoms in total. The van der Waals surface area contributed by atoms with Crippen molar-refractivity contribution in [2.24, 2.45) is 5.41 Å². The summed E-state index contributed by atoms with van der Waals surface area (Å²) in [4.78, 5) is 85.1. The lowest BCUT2D eigenvalue weighted by molar-refractivity contribution is -0.151. The summed E-state index contributed by atoms with van der Waals surface area (Å²) in [6, 6.07) is 10.4. The molecule has 67 heavy (non-hydrogen) atoms. The summed E-state index contributed by atoms with van der Waals surface area (Å²) in [6.07, 6.45) is 7.37. The van der Waals surface area contributed by atoms with Crippen LogP contribution in [0.25, 0.3) is 11.1 Å². The zero-order chi connectivity index (χ0) is 46.2. The van der Waals surface area contributed by atoms with Gasteiger partial charge in [-0.25, -0.2) is 23.7 Å². The lowest BCUT2D eigenvalue weighted by atomic mass is 9.72. The van der Waals surface area contributed by atoms with Crippen LogP contribution in [0.5, 0.6) is 0 Å². The predicted molar refractivity (Wildman–Crippen MR) is 242 cm³/mol. The maximum absolute atomic E-state index is 15.9. The first-order valence-electron chi connectivity index (χ1n) is 22.5. The Morgan fingerprint density at radius 3 is 2.45 bits per heavy atom. The highest BCUT2D eigenvalue weighted by Crippen LogP contribution is 2.44. The van der Waals surface area contributed by atoms with E-state index in [9.17, 15) is 29.1 Å². The van der Waals surface area contributed by atoms with Crippen LogP contribution in [0.1, 0.15) is 71.9 Å². The molecule has 4 saturated heterocycles. The lowest BCUT2D eigenvalue weighted by Crippen LogP contribution is -2.73. The molecule has 0 saturated carbocycles.